The van der Waals surface area contributed by atoms with E-state index in [1.54, 1.807) is 0 Å². The Morgan fingerprint density at radius 1 is 1.00 bits per heavy atom. The van der Waals surface area contributed by atoms with Crippen LogP contribution in [0, 0.1) is 0 Å². The first-order valence-corrected chi connectivity index (χ1v) is 7.50. The highest BCUT2D eigenvalue weighted by molar-refractivity contribution is 6.07. The van der Waals surface area contributed by atoms with E-state index >= 15 is 0 Å². The quantitative estimate of drug-likeness (QED) is 0.754. The predicted molar refractivity (Wildman–Crippen MR) is 88.6 cm³/mol. The molecule has 0 aliphatic heterocycles. The van der Waals surface area contributed by atoms with E-state index in [-0.39, 0.29) is 12.1 Å². The van der Waals surface area contributed by atoms with E-state index in [9.17, 15) is 5.11 Å². The van der Waals surface area contributed by atoms with Gasteiger partial charge in [0.25, 0.3) is 0 Å². The first-order chi connectivity index (χ1) is 10.2. The molecule has 3 aromatic rings. The van der Waals surface area contributed by atoms with E-state index in [2.05, 4.69) is 72.3 Å². The van der Waals surface area contributed by atoms with E-state index in [0.29, 0.717) is 0 Å². The van der Waals surface area contributed by atoms with Gasteiger partial charge >= 0.3 is 0 Å². The van der Waals surface area contributed by atoms with Gasteiger partial charge in [0, 0.05) is 28.4 Å². The lowest BCUT2D eigenvalue weighted by atomic mass is 10.0. The third-order valence-corrected chi connectivity index (χ3v) is 4.14. The lowest BCUT2D eigenvalue weighted by Gasteiger charge is -2.29. The van der Waals surface area contributed by atoms with Crippen molar-refractivity contribution in [1.82, 2.24) is 9.88 Å². The van der Waals surface area contributed by atoms with Crippen molar-refractivity contribution < 1.29 is 5.11 Å². The summed E-state index contributed by atoms with van der Waals surface area (Å²) < 4.78 is 2.31. The van der Waals surface area contributed by atoms with Crippen molar-refractivity contribution in [3.8, 4) is 0 Å². The standard InChI is InChI=1S/C18H22N2O/c1-3-19-18(2,13-21)12-20-16-10-6-4-8-14(16)15-9-5-7-11-17(15)20/h4-11,19,21H,3,12-13H2,1-2H3. The summed E-state index contributed by atoms with van der Waals surface area (Å²) >= 11 is 0. The van der Waals surface area contributed by atoms with Crippen LogP contribution in [-0.4, -0.2) is 28.4 Å². The second-order valence-corrected chi connectivity index (χ2v) is 5.87. The molecular weight excluding hydrogens is 260 g/mol. The molecule has 0 aliphatic rings. The summed E-state index contributed by atoms with van der Waals surface area (Å²) in [6, 6.07) is 16.9. The summed E-state index contributed by atoms with van der Waals surface area (Å²) in [4.78, 5) is 0. The van der Waals surface area contributed by atoms with Crippen molar-refractivity contribution in [3.63, 3.8) is 0 Å². The van der Waals surface area contributed by atoms with E-state index in [1.807, 2.05) is 0 Å². The summed E-state index contributed by atoms with van der Waals surface area (Å²) in [5.41, 5.74) is 2.12. The topological polar surface area (TPSA) is 37.2 Å². The normalized spacial score (nSPS) is 14.6. The van der Waals surface area contributed by atoms with Crippen molar-refractivity contribution in [2.75, 3.05) is 13.2 Å². The number of benzene rings is 2. The number of likely N-dealkylation sites (N-methyl/N-ethyl adjacent to an activating group) is 1. The molecule has 0 fully saturated rings. The van der Waals surface area contributed by atoms with Crippen LogP contribution in [0.5, 0.6) is 0 Å². The van der Waals surface area contributed by atoms with Crippen LogP contribution in [0.4, 0.5) is 0 Å². The number of nitrogens with one attached hydrogen (secondary N) is 1. The second kappa shape index (κ2) is 5.51. The Bertz CT molecular complexity index is 709. The van der Waals surface area contributed by atoms with E-state index in [1.165, 1.54) is 21.8 Å². The van der Waals surface area contributed by atoms with Gasteiger partial charge in [-0.2, -0.15) is 0 Å². The monoisotopic (exact) mass is 282 g/mol. The summed E-state index contributed by atoms with van der Waals surface area (Å²) in [6.45, 7) is 5.83. The fourth-order valence-corrected chi connectivity index (χ4v) is 3.11. The lowest BCUT2D eigenvalue weighted by Crippen LogP contribution is -2.49. The predicted octanol–water partition coefficient (Wildman–Crippen LogP) is 3.16. The summed E-state index contributed by atoms with van der Waals surface area (Å²) in [6.07, 6.45) is 0. The Kier molecular flexibility index (Phi) is 3.70. The van der Waals surface area contributed by atoms with Crippen LogP contribution in [0.25, 0.3) is 21.8 Å². The Morgan fingerprint density at radius 3 is 2.00 bits per heavy atom. The van der Waals surface area contributed by atoms with Crippen molar-refractivity contribution in [3.05, 3.63) is 48.5 Å². The number of hydrogen-bond acceptors (Lipinski definition) is 2. The van der Waals surface area contributed by atoms with Gasteiger partial charge in [0.05, 0.1) is 12.1 Å². The maximum atomic E-state index is 9.78. The fraction of sp³-hybridized carbons (Fsp3) is 0.333. The number of hydrogen-bond donors (Lipinski definition) is 2. The number of para-hydroxylation sites is 2. The van der Waals surface area contributed by atoms with Crippen LogP contribution in [-0.2, 0) is 6.54 Å². The molecule has 3 heteroatoms. The van der Waals surface area contributed by atoms with E-state index < -0.39 is 0 Å². The molecule has 1 atom stereocenters. The molecule has 2 N–H and O–H groups in total. The molecule has 21 heavy (non-hydrogen) atoms. The molecule has 0 bridgehead atoms. The van der Waals surface area contributed by atoms with Crippen molar-refractivity contribution >= 4 is 21.8 Å². The third kappa shape index (κ3) is 2.43. The number of aliphatic hydroxyl groups is 1. The number of rotatable bonds is 5. The van der Waals surface area contributed by atoms with Crippen LogP contribution < -0.4 is 5.32 Å². The summed E-state index contributed by atoms with van der Waals surface area (Å²) in [7, 11) is 0. The molecule has 0 saturated carbocycles. The molecule has 0 spiro atoms. The summed E-state index contributed by atoms with van der Waals surface area (Å²) in [5.74, 6) is 0. The van der Waals surface area contributed by atoms with Crippen molar-refractivity contribution in [1.29, 1.82) is 0 Å². The SMILES string of the molecule is CCNC(C)(CO)Cn1c2ccccc2c2ccccc21. The first kappa shape index (κ1) is 14.1. The minimum Gasteiger partial charge on any atom is -0.394 e. The number of nitrogens with zero attached hydrogens (tertiary/aromatic N) is 1. The first-order valence-electron chi connectivity index (χ1n) is 7.50. The van der Waals surface area contributed by atoms with Gasteiger partial charge in [-0.1, -0.05) is 43.3 Å². The van der Waals surface area contributed by atoms with Crippen molar-refractivity contribution in [2.45, 2.75) is 25.9 Å². The molecule has 1 unspecified atom stereocenters. The average molecular weight is 282 g/mol. The molecule has 0 amide bonds. The molecule has 3 rings (SSSR count). The second-order valence-electron chi connectivity index (χ2n) is 5.87. The van der Waals surface area contributed by atoms with E-state index in [4.69, 9.17) is 0 Å². The molecule has 3 nitrogen and oxygen atoms in total. The Labute approximate surface area is 125 Å². The minimum absolute atomic E-state index is 0.113. The van der Waals surface area contributed by atoms with Gasteiger partial charge < -0.3 is 15.0 Å². The van der Waals surface area contributed by atoms with Crippen LogP contribution in [0.2, 0.25) is 0 Å². The van der Waals surface area contributed by atoms with Crippen LogP contribution in [0.15, 0.2) is 48.5 Å². The van der Waals surface area contributed by atoms with Gasteiger partial charge in [-0.15, -0.1) is 0 Å². The molecule has 110 valence electrons. The number of fused-ring (bicyclic) bond motifs is 3. The Morgan fingerprint density at radius 2 is 1.52 bits per heavy atom. The largest absolute Gasteiger partial charge is 0.394 e. The number of aliphatic hydroxyl groups excluding tert-OH is 1. The smallest absolute Gasteiger partial charge is 0.0628 e. The minimum atomic E-state index is -0.320. The average Bonchev–Trinajstić information content (AvgIpc) is 2.83. The van der Waals surface area contributed by atoms with Gasteiger partial charge in [-0.05, 0) is 25.6 Å². The van der Waals surface area contributed by atoms with Gasteiger partial charge in [0.15, 0.2) is 0 Å². The molecule has 0 radical (unpaired) electrons. The maximum absolute atomic E-state index is 9.78. The zero-order valence-electron chi connectivity index (χ0n) is 12.6. The van der Waals surface area contributed by atoms with Crippen molar-refractivity contribution in [2.24, 2.45) is 0 Å². The Balaban J connectivity index is 2.20. The highest BCUT2D eigenvalue weighted by atomic mass is 16.3. The van der Waals surface area contributed by atoms with Crippen LogP contribution in [0.1, 0.15) is 13.8 Å². The molecular formula is C18H22N2O. The van der Waals surface area contributed by atoms with Gasteiger partial charge in [-0.25, -0.2) is 0 Å². The van der Waals surface area contributed by atoms with Gasteiger partial charge in [-0.3, -0.25) is 0 Å². The van der Waals surface area contributed by atoms with E-state index in [0.717, 1.165) is 13.1 Å². The summed E-state index contributed by atoms with van der Waals surface area (Å²) in [5, 5.41) is 15.7. The molecule has 2 aromatic carbocycles. The highest BCUT2D eigenvalue weighted by Gasteiger charge is 2.24. The number of aromatic nitrogens is 1. The molecule has 1 aromatic heterocycles. The lowest BCUT2D eigenvalue weighted by molar-refractivity contribution is 0.161. The molecule has 0 aliphatic carbocycles. The third-order valence-electron chi connectivity index (χ3n) is 4.14. The maximum Gasteiger partial charge on any atom is 0.0628 e. The van der Waals surface area contributed by atoms with Crippen LogP contribution >= 0.6 is 0 Å². The van der Waals surface area contributed by atoms with Gasteiger partial charge in [0.2, 0.25) is 0 Å². The molecule has 1 heterocycles. The van der Waals surface area contributed by atoms with Crippen LogP contribution in [0.3, 0.4) is 0 Å². The zero-order valence-corrected chi connectivity index (χ0v) is 12.6. The zero-order chi connectivity index (χ0) is 14.9. The Hall–Kier alpha value is -1.84. The fourth-order valence-electron chi connectivity index (χ4n) is 3.11. The highest BCUT2D eigenvalue weighted by Crippen LogP contribution is 2.29. The van der Waals surface area contributed by atoms with Gasteiger partial charge in [0.1, 0.15) is 0 Å². The molecule has 0 saturated heterocycles.